The lowest BCUT2D eigenvalue weighted by Crippen LogP contribution is -2.38. The van der Waals surface area contributed by atoms with Crippen LogP contribution in [0.15, 0.2) is 29.2 Å². The highest BCUT2D eigenvalue weighted by molar-refractivity contribution is 6.34. The Labute approximate surface area is 133 Å². The van der Waals surface area contributed by atoms with Gasteiger partial charge in [0.05, 0.1) is 16.8 Å². The first kappa shape index (κ1) is 16.5. The van der Waals surface area contributed by atoms with Crippen LogP contribution >= 0.6 is 11.6 Å². The van der Waals surface area contributed by atoms with E-state index in [-0.39, 0.29) is 16.9 Å². The Kier molecular flexibility index (Phi) is 4.58. The Morgan fingerprint density at radius 2 is 2.09 bits per heavy atom. The topological polar surface area (TPSA) is 88.0 Å². The molecule has 0 aliphatic carbocycles. The Balaban J connectivity index is 2.26. The molecule has 1 atom stereocenters. The molecule has 0 spiro atoms. The number of halogens is 1. The molecule has 6 heteroatoms. The van der Waals surface area contributed by atoms with Crippen molar-refractivity contribution in [2.75, 3.05) is 5.32 Å². The van der Waals surface area contributed by atoms with Crippen LogP contribution in [0.2, 0.25) is 5.02 Å². The molecule has 0 aliphatic rings. The van der Waals surface area contributed by atoms with Gasteiger partial charge in [-0.1, -0.05) is 32.4 Å². The molecular formula is C16H20ClN3O2. The highest BCUT2D eigenvalue weighted by Gasteiger charge is 2.22. The van der Waals surface area contributed by atoms with Crippen LogP contribution in [0.4, 0.5) is 5.69 Å². The summed E-state index contributed by atoms with van der Waals surface area (Å²) in [5.74, 6) is -0.291. The van der Waals surface area contributed by atoms with Crippen LogP contribution in [0, 0.1) is 5.41 Å². The summed E-state index contributed by atoms with van der Waals surface area (Å²) >= 11 is 6.15. The molecule has 5 nitrogen and oxygen atoms in total. The number of carbonyl (C=O) groups excluding carboxylic acids is 1. The molecule has 22 heavy (non-hydrogen) atoms. The van der Waals surface area contributed by atoms with Crippen LogP contribution in [0.25, 0.3) is 10.8 Å². The average Bonchev–Trinajstić information content (AvgIpc) is 2.39. The first-order valence-electron chi connectivity index (χ1n) is 7.05. The lowest BCUT2D eigenvalue weighted by Gasteiger charge is -2.22. The summed E-state index contributed by atoms with van der Waals surface area (Å²) in [7, 11) is 0. The molecular weight excluding hydrogens is 302 g/mol. The van der Waals surface area contributed by atoms with E-state index >= 15 is 0 Å². The van der Waals surface area contributed by atoms with E-state index in [0.29, 0.717) is 27.9 Å². The number of carbonyl (C=O) groups is 1. The lowest BCUT2D eigenvalue weighted by atomic mass is 9.88. The number of aromatic nitrogens is 1. The fourth-order valence-corrected chi connectivity index (χ4v) is 2.49. The molecule has 0 saturated heterocycles. The molecule has 0 fully saturated rings. The van der Waals surface area contributed by atoms with Crippen LogP contribution < -0.4 is 16.6 Å². The van der Waals surface area contributed by atoms with Crippen molar-refractivity contribution in [3.05, 3.63) is 39.8 Å². The third-order valence-electron chi connectivity index (χ3n) is 3.29. The summed E-state index contributed by atoms with van der Waals surface area (Å²) in [6, 6.07) is 4.35. The molecule has 0 aliphatic heterocycles. The zero-order valence-corrected chi connectivity index (χ0v) is 13.6. The summed E-state index contributed by atoms with van der Waals surface area (Å²) < 4.78 is 0. The minimum absolute atomic E-state index is 0.0444. The molecule has 0 unspecified atom stereocenters. The predicted molar refractivity (Wildman–Crippen MR) is 90.3 cm³/mol. The quantitative estimate of drug-likeness (QED) is 0.812. The third kappa shape index (κ3) is 3.87. The van der Waals surface area contributed by atoms with Crippen molar-refractivity contribution >= 4 is 34.0 Å². The number of benzene rings is 1. The van der Waals surface area contributed by atoms with Gasteiger partial charge in [0.1, 0.15) is 0 Å². The largest absolute Gasteiger partial charge is 0.329 e. The van der Waals surface area contributed by atoms with Crippen LogP contribution in [0.1, 0.15) is 27.2 Å². The van der Waals surface area contributed by atoms with Gasteiger partial charge < -0.3 is 16.0 Å². The summed E-state index contributed by atoms with van der Waals surface area (Å²) in [5.41, 5.74) is 6.12. The number of hydrogen-bond donors (Lipinski definition) is 3. The Hall–Kier alpha value is -1.85. The smallest absolute Gasteiger partial charge is 0.255 e. The molecule has 4 N–H and O–H groups in total. The van der Waals surface area contributed by atoms with Gasteiger partial charge in [-0.05, 0) is 35.4 Å². The van der Waals surface area contributed by atoms with E-state index in [0.717, 1.165) is 0 Å². The maximum atomic E-state index is 12.2. The number of H-pyrrole nitrogens is 1. The van der Waals surface area contributed by atoms with Crippen molar-refractivity contribution in [3.63, 3.8) is 0 Å². The van der Waals surface area contributed by atoms with E-state index in [1.165, 1.54) is 0 Å². The predicted octanol–water partition coefficient (Wildman–Crippen LogP) is 2.88. The molecule has 118 valence electrons. The minimum Gasteiger partial charge on any atom is -0.329 e. The van der Waals surface area contributed by atoms with Gasteiger partial charge in [-0.15, -0.1) is 0 Å². The molecule has 0 saturated carbocycles. The average molecular weight is 322 g/mol. The maximum absolute atomic E-state index is 12.2. The summed E-state index contributed by atoms with van der Waals surface area (Å²) in [6.45, 7) is 6.07. The Morgan fingerprint density at radius 1 is 1.41 bits per heavy atom. The van der Waals surface area contributed by atoms with Crippen molar-refractivity contribution in [1.29, 1.82) is 0 Å². The molecule has 1 heterocycles. The Bertz CT molecular complexity index is 762. The van der Waals surface area contributed by atoms with Gasteiger partial charge >= 0.3 is 0 Å². The number of pyridine rings is 1. The van der Waals surface area contributed by atoms with Gasteiger partial charge in [0.25, 0.3) is 5.56 Å². The summed E-state index contributed by atoms with van der Waals surface area (Å²) in [5, 5.41) is 4.22. The van der Waals surface area contributed by atoms with Crippen molar-refractivity contribution < 1.29 is 4.79 Å². The minimum atomic E-state index is -0.620. The lowest BCUT2D eigenvalue weighted by molar-refractivity contribution is -0.118. The summed E-state index contributed by atoms with van der Waals surface area (Å²) in [6.07, 6.45) is 2.11. The van der Waals surface area contributed by atoms with E-state index in [2.05, 4.69) is 10.3 Å². The number of rotatable bonds is 3. The molecule has 0 radical (unpaired) electrons. The number of hydrogen-bond acceptors (Lipinski definition) is 3. The van der Waals surface area contributed by atoms with E-state index in [1.807, 2.05) is 20.8 Å². The SMILES string of the molecule is CC(C)(C)C[C@H](N)C(=O)Nc1cc2cc[nH]c(=O)c2cc1Cl. The standard InChI is InChI=1S/C16H20ClN3O2/c1-16(2,3)8-12(18)15(22)20-13-6-9-4-5-19-14(21)10(9)7-11(13)17/h4-7,12H,8,18H2,1-3H3,(H,19,21)(H,20,22)/t12-/m0/s1. The molecule has 2 rings (SSSR count). The number of anilines is 1. The van der Waals surface area contributed by atoms with Crippen LogP contribution in [0.3, 0.4) is 0 Å². The van der Waals surface area contributed by atoms with E-state index in [9.17, 15) is 9.59 Å². The van der Waals surface area contributed by atoms with Gasteiger partial charge in [-0.3, -0.25) is 9.59 Å². The molecule has 1 aromatic carbocycles. The Morgan fingerprint density at radius 3 is 2.73 bits per heavy atom. The van der Waals surface area contributed by atoms with E-state index in [4.69, 9.17) is 17.3 Å². The number of nitrogens with one attached hydrogen (secondary N) is 2. The van der Waals surface area contributed by atoms with Crippen LogP contribution in [-0.2, 0) is 4.79 Å². The fourth-order valence-electron chi connectivity index (χ4n) is 2.28. The molecule has 0 bridgehead atoms. The van der Waals surface area contributed by atoms with Gasteiger partial charge in [-0.2, -0.15) is 0 Å². The van der Waals surface area contributed by atoms with Crippen molar-refractivity contribution in [2.24, 2.45) is 11.1 Å². The highest BCUT2D eigenvalue weighted by Crippen LogP contribution is 2.27. The maximum Gasteiger partial charge on any atom is 0.255 e. The second-order valence-electron chi connectivity index (χ2n) is 6.59. The van der Waals surface area contributed by atoms with Crippen LogP contribution in [0.5, 0.6) is 0 Å². The van der Waals surface area contributed by atoms with E-state index < -0.39 is 6.04 Å². The molecule has 1 aromatic heterocycles. The number of nitrogens with two attached hydrogens (primary N) is 1. The fraction of sp³-hybridized carbons (Fsp3) is 0.375. The number of fused-ring (bicyclic) bond motifs is 1. The van der Waals surface area contributed by atoms with Crippen molar-refractivity contribution in [2.45, 2.75) is 33.2 Å². The zero-order chi connectivity index (χ0) is 16.5. The molecule has 1 amide bonds. The second kappa shape index (κ2) is 6.10. The second-order valence-corrected chi connectivity index (χ2v) is 6.99. The normalized spacial score (nSPS) is 13.1. The number of aromatic amines is 1. The zero-order valence-electron chi connectivity index (χ0n) is 12.9. The number of amides is 1. The highest BCUT2D eigenvalue weighted by atomic mass is 35.5. The van der Waals surface area contributed by atoms with Gasteiger partial charge in [0.15, 0.2) is 0 Å². The van der Waals surface area contributed by atoms with E-state index in [1.54, 1.807) is 24.4 Å². The third-order valence-corrected chi connectivity index (χ3v) is 3.60. The first-order valence-corrected chi connectivity index (χ1v) is 7.42. The summed E-state index contributed by atoms with van der Waals surface area (Å²) in [4.78, 5) is 26.5. The van der Waals surface area contributed by atoms with Crippen molar-refractivity contribution in [3.8, 4) is 0 Å². The molecule has 2 aromatic rings. The van der Waals surface area contributed by atoms with Crippen LogP contribution in [-0.4, -0.2) is 16.9 Å². The monoisotopic (exact) mass is 321 g/mol. The first-order chi connectivity index (χ1) is 10.2. The van der Waals surface area contributed by atoms with Gasteiger partial charge in [0, 0.05) is 11.6 Å². The van der Waals surface area contributed by atoms with Crippen molar-refractivity contribution in [1.82, 2.24) is 4.98 Å². The van der Waals surface area contributed by atoms with Gasteiger partial charge in [0.2, 0.25) is 5.91 Å². The van der Waals surface area contributed by atoms with Gasteiger partial charge in [-0.25, -0.2) is 0 Å².